The Kier molecular flexibility index (Phi) is 4.28. The van der Waals surface area contributed by atoms with Gasteiger partial charge in [-0.25, -0.2) is 9.59 Å². The molecule has 1 N–H and O–H groups in total. The van der Waals surface area contributed by atoms with Gasteiger partial charge >= 0.3 is 12.3 Å². The van der Waals surface area contributed by atoms with Crippen LogP contribution < -0.4 is 9.57 Å². The zero-order valence-electron chi connectivity index (χ0n) is 13.2. The van der Waals surface area contributed by atoms with Crippen molar-refractivity contribution in [3.8, 4) is 5.88 Å². The lowest BCUT2D eigenvalue weighted by Crippen LogP contribution is -2.21. The van der Waals surface area contributed by atoms with Crippen molar-refractivity contribution in [2.75, 3.05) is 13.2 Å². The Morgan fingerprint density at radius 1 is 1.04 bits per heavy atom. The predicted octanol–water partition coefficient (Wildman–Crippen LogP) is 3.24. The topological polar surface area (TPSA) is 91.8 Å². The number of hydrogen-bond acceptors (Lipinski definition) is 6. The van der Waals surface area contributed by atoms with Crippen molar-refractivity contribution in [1.29, 1.82) is 0 Å². The number of nitrogens with zero attached hydrogens (tertiary/aromatic N) is 1. The number of nitrogens with one attached hydrogen (secondary N) is 1. The summed E-state index contributed by atoms with van der Waals surface area (Å²) in [6, 6.07) is 7.31. The fraction of sp³-hybridized carbons (Fsp3) is 0.250. The van der Waals surface area contributed by atoms with E-state index in [1.165, 1.54) is 4.73 Å². The van der Waals surface area contributed by atoms with E-state index < -0.39 is 12.3 Å². The molecule has 0 saturated heterocycles. The van der Waals surface area contributed by atoms with Crippen LogP contribution in [0, 0.1) is 0 Å². The molecule has 0 aliphatic heterocycles. The lowest BCUT2D eigenvalue weighted by molar-refractivity contribution is 0.0580. The van der Waals surface area contributed by atoms with Crippen LogP contribution in [-0.2, 0) is 9.47 Å². The fourth-order valence-electron chi connectivity index (χ4n) is 2.42. The predicted molar refractivity (Wildman–Crippen MR) is 85.0 cm³/mol. The molecule has 24 heavy (non-hydrogen) atoms. The standard InChI is InChI=1S/C16H16N2O6/c1-3-21-15(19)23-14-13-11(9-17-14)10-7-5-6-8-12(10)18(13)24-16(20)22-4-2/h5-9,17H,3-4H2,1-2H3. The smallest absolute Gasteiger partial charge is 0.434 e. The van der Waals surface area contributed by atoms with Gasteiger partial charge in [-0.1, -0.05) is 18.2 Å². The number of H-pyrrole nitrogens is 1. The zero-order valence-corrected chi connectivity index (χ0v) is 13.2. The van der Waals surface area contributed by atoms with Crippen molar-refractivity contribution >= 4 is 34.1 Å². The van der Waals surface area contributed by atoms with Crippen molar-refractivity contribution in [3.05, 3.63) is 30.5 Å². The van der Waals surface area contributed by atoms with Crippen LogP contribution in [0.2, 0.25) is 0 Å². The van der Waals surface area contributed by atoms with E-state index in [2.05, 4.69) is 4.98 Å². The number of fused-ring (bicyclic) bond motifs is 3. The molecule has 8 nitrogen and oxygen atoms in total. The molecular weight excluding hydrogens is 316 g/mol. The first-order chi connectivity index (χ1) is 11.7. The molecule has 1 aromatic carbocycles. The average Bonchev–Trinajstić information content (AvgIpc) is 3.09. The van der Waals surface area contributed by atoms with Crippen LogP contribution in [0.4, 0.5) is 9.59 Å². The summed E-state index contributed by atoms with van der Waals surface area (Å²) in [7, 11) is 0. The highest BCUT2D eigenvalue weighted by Gasteiger charge is 2.22. The molecule has 0 atom stereocenters. The maximum Gasteiger partial charge on any atom is 0.533 e. The molecule has 0 unspecified atom stereocenters. The maximum absolute atomic E-state index is 11.7. The quantitative estimate of drug-likeness (QED) is 0.737. The summed E-state index contributed by atoms with van der Waals surface area (Å²) in [5.74, 6) is 0.115. The molecule has 3 aromatic rings. The number of hydrogen-bond donors (Lipinski definition) is 1. The Bertz CT molecular complexity index is 895. The van der Waals surface area contributed by atoms with Crippen LogP contribution in [0.5, 0.6) is 5.88 Å². The lowest BCUT2D eigenvalue weighted by atomic mass is 10.2. The first-order valence-corrected chi connectivity index (χ1v) is 7.45. The molecule has 0 spiro atoms. The van der Waals surface area contributed by atoms with Crippen LogP contribution in [0.3, 0.4) is 0 Å². The van der Waals surface area contributed by atoms with Crippen molar-refractivity contribution in [1.82, 2.24) is 9.71 Å². The SMILES string of the molecule is CCOC(=O)Oc1[nH]cc2c3ccccc3n(OC(=O)OCC)c12. The molecule has 8 heteroatoms. The summed E-state index contributed by atoms with van der Waals surface area (Å²) in [6.07, 6.45) is -0.0466. The highest BCUT2D eigenvalue weighted by molar-refractivity contribution is 6.10. The van der Waals surface area contributed by atoms with E-state index in [-0.39, 0.29) is 19.1 Å². The van der Waals surface area contributed by atoms with Gasteiger partial charge in [0, 0.05) is 17.0 Å². The number of para-hydroxylation sites is 1. The van der Waals surface area contributed by atoms with E-state index in [0.29, 0.717) is 11.0 Å². The Labute approximate surface area is 136 Å². The van der Waals surface area contributed by atoms with E-state index >= 15 is 0 Å². The number of aromatic amines is 1. The third-order valence-corrected chi connectivity index (χ3v) is 3.31. The minimum Gasteiger partial charge on any atom is -0.434 e. The van der Waals surface area contributed by atoms with Crippen molar-refractivity contribution in [2.24, 2.45) is 0 Å². The van der Waals surface area contributed by atoms with E-state index in [1.807, 2.05) is 18.2 Å². The molecule has 126 valence electrons. The first kappa shape index (κ1) is 15.7. The summed E-state index contributed by atoms with van der Waals surface area (Å²) in [4.78, 5) is 31.5. The summed E-state index contributed by atoms with van der Waals surface area (Å²) in [6.45, 7) is 3.72. The lowest BCUT2D eigenvalue weighted by Gasteiger charge is -2.08. The largest absolute Gasteiger partial charge is 0.533 e. The third-order valence-electron chi connectivity index (χ3n) is 3.31. The van der Waals surface area contributed by atoms with Gasteiger partial charge in [-0.15, -0.1) is 0 Å². The third kappa shape index (κ3) is 2.73. The number of aromatic nitrogens is 2. The van der Waals surface area contributed by atoms with Crippen molar-refractivity contribution in [2.45, 2.75) is 13.8 Å². The molecule has 0 aliphatic carbocycles. The van der Waals surface area contributed by atoms with E-state index in [0.717, 1.165) is 10.8 Å². The van der Waals surface area contributed by atoms with Gasteiger partial charge in [0.1, 0.15) is 0 Å². The van der Waals surface area contributed by atoms with Crippen LogP contribution in [0.25, 0.3) is 21.8 Å². The summed E-state index contributed by atoms with van der Waals surface area (Å²) in [5.41, 5.74) is 1.04. The molecule has 3 rings (SSSR count). The highest BCUT2D eigenvalue weighted by Crippen LogP contribution is 2.34. The van der Waals surface area contributed by atoms with Crippen molar-refractivity contribution < 1.29 is 28.6 Å². The van der Waals surface area contributed by atoms with E-state index in [4.69, 9.17) is 19.0 Å². The number of benzene rings is 1. The van der Waals surface area contributed by atoms with Crippen LogP contribution in [0.15, 0.2) is 30.5 Å². The van der Waals surface area contributed by atoms with Gasteiger partial charge in [0.2, 0.25) is 5.88 Å². The van der Waals surface area contributed by atoms with Gasteiger partial charge in [-0.3, -0.25) is 0 Å². The highest BCUT2D eigenvalue weighted by atomic mass is 16.8. The summed E-state index contributed by atoms with van der Waals surface area (Å²) in [5, 5.41) is 1.56. The van der Waals surface area contributed by atoms with Crippen LogP contribution in [-0.4, -0.2) is 35.2 Å². The monoisotopic (exact) mass is 332 g/mol. The Hall–Kier alpha value is -3.16. The Morgan fingerprint density at radius 3 is 2.50 bits per heavy atom. The minimum atomic E-state index is -0.858. The van der Waals surface area contributed by atoms with Crippen molar-refractivity contribution in [3.63, 3.8) is 0 Å². The normalized spacial score (nSPS) is 10.8. The van der Waals surface area contributed by atoms with Gasteiger partial charge in [0.25, 0.3) is 0 Å². The Balaban J connectivity index is 2.11. The maximum atomic E-state index is 11.7. The molecule has 0 amide bonds. The second kappa shape index (κ2) is 6.53. The number of ether oxygens (including phenoxy) is 3. The molecule has 2 aromatic heterocycles. The molecule has 0 saturated carbocycles. The van der Waals surface area contributed by atoms with Crippen LogP contribution >= 0.6 is 0 Å². The average molecular weight is 332 g/mol. The van der Waals surface area contributed by atoms with E-state index in [9.17, 15) is 9.59 Å². The van der Waals surface area contributed by atoms with E-state index in [1.54, 1.807) is 26.1 Å². The number of carbonyl (C=O) groups is 2. The molecular formula is C16H16N2O6. The Morgan fingerprint density at radius 2 is 1.75 bits per heavy atom. The summed E-state index contributed by atoms with van der Waals surface area (Å²) < 4.78 is 16.0. The number of carbonyl (C=O) groups excluding carboxylic acids is 2. The molecule has 2 heterocycles. The van der Waals surface area contributed by atoms with Gasteiger partial charge in [0.05, 0.1) is 18.7 Å². The van der Waals surface area contributed by atoms with Crippen LogP contribution in [0.1, 0.15) is 13.8 Å². The number of rotatable bonds is 4. The van der Waals surface area contributed by atoms with Gasteiger partial charge in [-0.2, -0.15) is 4.73 Å². The molecule has 0 bridgehead atoms. The van der Waals surface area contributed by atoms with Gasteiger partial charge in [-0.05, 0) is 19.9 Å². The molecule has 0 aliphatic rings. The minimum absolute atomic E-state index is 0.115. The fourth-order valence-corrected chi connectivity index (χ4v) is 2.42. The second-order valence-electron chi connectivity index (χ2n) is 4.75. The molecule has 0 radical (unpaired) electrons. The van der Waals surface area contributed by atoms with Gasteiger partial charge < -0.3 is 24.0 Å². The first-order valence-electron chi connectivity index (χ1n) is 7.45. The molecule has 0 fully saturated rings. The van der Waals surface area contributed by atoms with Gasteiger partial charge in [0.15, 0.2) is 5.52 Å². The summed E-state index contributed by atoms with van der Waals surface area (Å²) >= 11 is 0. The zero-order chi connectivity index (χ0) is 17.1. The second-order valence-corrected chi connectivity index (χ2v) is 4.75.